The largest absolute Gasteiger partial charge is 0.348 e. The van der Waals surface area contributed by atoms with Crippen molar-refractivity contribution in [1.82, 2.24) is 15.3 Å². The first kappa shape index (κ1) is 16.6. The quantitative estimate of drug-likeness (QED) is 0.765. The highest BCUT2D eigenvalue weighted by Crippen LogP contribution is 2.19. The van der Waals surface area contributed by atoms with Crippen molar-refractivity contribution in [3.8, 4) is 0 Å². The number of amides is 3. The summed E-state index contributed by atoms with van der Waals surface area (Å²) in [5.41, 5.74) is 1.00. The summed E-state index contributed by atoms with van der Waals surface area (Å²) in [4.78, 5) is 43.3. The van der Waals surface area contributed by atoms with Crippen LogP contribution in [0.25, 0.3) is 0 Å². The maximum Gasteiger partial charge on any atom is 0.270 e. The number of hydrogen-bond donors (Lipinski definition) is 3. The number of nitrogens with zero attached hydrogens (tertiary/aromatic N) is 2. The highest BCUT2D eigenvalue weighted by molar-refractivity contribution is 6.05. The molecule has 1 fully saturated rings. The number of anilines is 2. The summed E-state index contributed by atoms with van der Waals surface area (Å²) in [6.07, 6.45) is 4.82. The lowest BCUT2D eigenvalue weighted by Gasteiger charge is -2.07. The predicted molar refractivity (Wildman–Crippen MR) is 91.2 cm³/mol. The van der Waals surface area contributed by atoms with Crippen LogP contribution in [0.15, 0.2) is 36.7 Å². The summed E-state index contributed by atoms with van der Waals surface area (Å²) in [5.74, 6) is -0.484. The Balaban J connectivity index is 1.66. The maximum atomic E-state index is 12.3. The minimum Gasteiger partial charge on any atom is -0.348 e. The van der Waals surface area contributed by atoms with E-state index in [4.69, 9.17) is 0 Å². The van der Waals surface area contributed by atoms with Gasteiger partial charge in [0.2, 0.25) is 5.91 Å². The van der Waals surface area contributed by atoms with Crippen LogP contribution in [0.2, 0.25) is 0 Å². The molecule has 0 spiro atoms. The van der Waals surface area contributed by atoms with E-state index in [1.54, 1.807) is 12.1 Å². The van der Waals surface area contributed by atoms with Gasteiger partial charge in [0.1, 0.15) is 11.5 Å². The van der Waals surface area contributed by atoms with E-state index in [1.807, 2.05) is 0 Å². The van der Waals surface area contributed by atoms with E-state index in [9.17, 15) is 14.4 Å². The Morgan fingerprint density at radius 3 is 2.48 bits per heavy atom. The lowest BCUT2D eigenvalue weighted by molar-refractivity contribution is -0.114. The van der Waals surface area contributed by atoms with E-state index >= 15 is 0 Å². The molecule has 0 bridgehead atoms. The van der Waals surface area contributed by atoms with Crippen molar-refractivity contribution in [2.45, 2.75) is 25.8 Å². The second kappa shape index (κ2) is 7.08. The monoisotopic (exact) mass is 339 g/mol. The Morgan fingerprint density at radius 2 is 1.84 bits per heavy atom. The lowest BCUT2D eigenvalue weighted by atomic mass is 10.2. The molecule has 1 saturated carbocycles. The molecule has 0 unspecified atom stereocenters. The smallest absolute Gasteiger partial charge is 0.270 e. The zero-order chi connectivity index (χ0) is 17.8. The molecule has 128 valence electrons. The number of nitrogens with one attached hydrogen (secondary N) is 3. The van der Waals surface area contributed by atoms with Crippen LogP contribution in [0, 0.1) is 0 Å². The van der Waals surface area contributed by atoms with Gasteiger partial charge < -0.3 is 16.0 Å². The summed E-state index contributed by atoms with van der Waals surface area (Å²) < 4.78 is 0. The van der Waals surface area contributed by atoms with E-state index in [-0.39, 0.29) is 29.5 Å². The molecule has 2 aromatic rings. The van der Waals surface area contributed by atoms with Gasteiger partial charge in [0.25, 0.3) is 11.8 Å². The van der Waals surface area contributed by atoms with Gasteiger partial charge in [0, 0.05) is 24.7 Å². The third kappa shape index (κ3) is 4.60. The average molecular weight is 339 g/mol. The minimum atomic E-state index is -0.378. The standard InChI is InChI=1S/C17H17N5O3/c1-10(23)20-15-5-4-13(9-19-15)22-16(24)11-6-7-18-14(8-11)17(25)21-12-2-3-12/h4-9,12H,2-3H2,1H3,(H,21,25)(H,22,24)(H,19,20,23). The number of carbonyl (C=O) groups is 3. The van der Waals surface area contributed by atoms with Gasteiger partial charge in [-0.2, -0.15) is 0 Å². The molecule has 1 aliphatic carbocycles. The van der Waals surface area contributed by atoms with Gasteiger partial charge in [-0.1, -0.05) is 0 Å². The fraction of sp³-hybridized carbons (Fsp3) is 0.235. The Morgan fingerprint density at radius 1 is 1.04 bits per heavy atom. The van der Waals surface area contributed by atoms with Gasteiger partial charge in [-0.25, -0.2) is 4.98 Å². The molecule has 3 amide bonds. The van der Waals surface area contributed by atoms with Crippen molar-refractivity contribution >= 4 is 29.2 Å². The molecule has 0 aromatic carbocycles. The Labute approximate surface area is 144 Å². The van der Waals surface area contributed by atoms with Crippen LogP contribution in [-0.2, 0) is 4.79 Å². The highest BCUT2D eigenvalue weighted by Gasteiger charge is 2.24. The number of aromatic nitrogens is 2. The molecule has 8 heteroatoms. The Hall–Kier alpha value is -3.29. The molecule has 8 nitrogen and oxygen atoms in total. The molecule has 2 aromatic heterocycles. The van der Waals surface area contributed by atoms with Gasteiger partial charge in [-0.05, 0) is 37.1 Å². The number of hydrogen-bond acceptors (Lipinski definition) is 5. The summed E-state index contributed by atoms with van der Waals surface area (Å²) in [5, 5.41) is 8.06. The molecule has 3 N–H and O–H groups in total. The molecule has 0 saturated heterocycles. The Kier molecular flexibility index (Phi) is 4.69. The fourth-order valence-electron chi connectivity index (χ4n) is 2.11. The van der Waals surface area contributed by atoms with Gasteiger partial charge in [0.15, 0.2) is 0 Å². The molecule has 0 aliphatic heterocycles. The van der Waals surface area contributed by atoms with E-state index in [0.717, 1.165) is 12.8 Å². The van der Waals surface area contributed by atoms with Gasteiger partial charge in [-0.3, -0.25) is 19.4 Å². The fourth-order valence-corrected chi connectivity index (χ4v) is 2.11. The van der Waals surface area contributed by atoms with E-state index < -0.39 is 0 Å². The van der Waals surface area contributed by atoms with E-state index in [2.05, 4.69) is 25.9 Å². The first-order valence-corrected chi connectivity index (χ1v) is 7.83. The summed E-state index contributed by atoms with van der Waals surface area (Å²) in [7, 11) is 0. The molecule has 0 radical (unpaired) electrons. The number of rotatable bonds is 5. The summed E-state index contributed by atoms with van der Waals surface area (Å²) in [6.45, 7) is 1.39. The van der Waals surface area contributed by atoms with Crippen LogP contribution in [0.4, 0.5) is 11.5 Å². The maximum absolute atomic E-state index is 12.3. The van der Waals surface area contributed by atoms with Crippen LogP contribution in [0.1, 0.15) is 40.6 Å². The van der Waals surface area contributed by atoms with Gasteiger partial charge in [-0.15, -0.1) is 0 Å². The van der Waals surface area contributed by atoms with Crippen LogP contribution in [0.5, 0.6) is 0 Å². The van der Waals surface area contributed by atoms with E-state index in [0.29, 0.717) is 17.1 Å². The van der Waals surface area contributed by atoms with Crippen LogP contribution in [-0.4, -0.2) is 33.7 Å². The topological polar surface area (TPSA) is 113 Å². The number of carbonyl (C=O) groups excluding carboxylic acids is 3. The zero-order valence-electron chi connectivity index (χ0n) is 13.6. The third-order valence-corrected chi connectivity index (χ3v) is 3.49. The normalized spacial score (nSPS) is 13.0. The van der Waals surface area contributed by atoms with Crippen molar-refractivity contribution in [1.29, 1.82) is 0 Å². The first-order valence-electron chi connectivity index (χ1n) is 7.83. The molecular weight excluding hydrogens is 322 g/mol. The Bertz CT molecular complexity index is 815. The molecular formula is C17H17N5O3. The van der Waals surface area contributed by atoms with Gasteiger partial charge >= 0.3 is 0 Å². The van der Waals surface area contributed by atoms with E-state index in [1.165, 1.54) is 31.5 Å². The van der Waals surface area contributed by atoms with Crippen LogP contribution < -0.4 is 16.0 Å². The van der Waals surface area contributed by atoms with Crippen molar-refractivity contribution in [3.63, 3.8) is 0 Å². The lowest BCUT2D eigenvalue weighted by Crippen LogP contribution is -2.26. The molecule has 0 atom stereocenters. The summed E-state index contributed by atoms with van der Waals surface area (Å²) in [6, 6.07) is 6.41. The number of pyridine rings is 2. The zero-order valence-corrected chi connectivity index (χ0v) is 13.6. The summed E-state index contributed by atoms with van der Waals surface area (Å²) >= 11 is 0. The highest BCUT2D eigenvalue weighted by atomic mass is 16.2. The van der Waals surface area contributed by atoms with Crippen molar-refractivity contribution < 1.29 is 14.4 Å². The van der Waals surface area contributed by atoms with Crippen molar-refractivity contribution in [2.75, 3.05) is 10.6 Å². The molecule has 25 heavy (non-hydrogen) atoms. The molecule has 1 aliphatic rings. The van der Waals surface area contributed by atoms with Gasteiger partial charge in [0.05, 0.1) is 11.9 Å². The molecule has 2 heterocycles. The first-order chi connectivity index (χ1) is 12.0. The minimum absolute atomic E-state index is 0.207. The second-order valence-electron chi connectivity index (χ2n) is 5.74. The SMILES string of the molecule is CC(=O)Nc1ccc(NC(=O)c2ccnc(C(=O)NC3CC3)c2)cn1. The van der Waals surface area contributed by atoms with Crippen molar-refractivity contribution in [3.05, 3.63) is 47.9 Å². The van der Waals surface area contributed by atoms with Crippen LogP contribution >= 0.6 is 0 Å². The average Bonchev–Trinajstić information content (AvgIpc) is 3.40. The third-order valence-electron chi connectivity index (χ3n) is 3.49. The van der Waals surface area contributed by atoms with Crippen molar-refractivity contribution in [2.24, 2.45) is 0 Å². The molecule has 3 rings (SSSR count). The second-order valence-corrected chi connectivity index (χ2v) is 5.74. The predicted octanol–water partition coefficient (Wildman–Crippen LogP) is 1.58. The van der Waals surface area contributed by atoms with Crippen LogP contribution in [0.3, 0.4) is 0 Å².